The van der Waals surface area contributed by atoms with Gasteiger partial charge >= 0.3 is 0 Å². The minimum atomic E-state index is 0.149. The van der Waals surface area contributed by atoms with Gasteiger partial charge in [0.2, 0.25) is 0 Å². The van der Waals surface area contributed by atoms with Crippen molar-refractivity contribution >= 4 is 11.8 Å². The maximum absolute atomic E-state index is 6.40. The van der Waals surface area contributed by atoms with Crippen LogP contribution in [0.2, 0.25) is 0 Å². The first kappa shape index (κ1) is 10.8. The SMILES string of the molecule is CC1CSCCN1CC1(N)CCCC1. The molecule has 2 rings (SSSR count). The molecule has 1 saturated carbocycles. The van der Waals surface area contributed by atoms with Crippen LogP contribution in [0.4, 0.5) is 0 Å². The highest BCUT2D eigenvalue weighted by Crippen LogP contribution is 2.29. The molecule has 14 heavy (non-hydrogen) atoms. The molecule has 1 aliphatic carbocycles. The molecule has 2 N–H and O–H groups in total. The predicted molar refractivity (Wildman–Crippen MR) is 63.7 cm³/mol. The molecule has 82 valence electrons. The Kier molecular flexibility index (Phi) is 3.40. The Morgan fingerprint density at radius 3 is 2.79 bits per heavy atom. The van der Waals surface area contributed by atoms with Gasteiger partial charge in [-0.15, -0.1) is 0 Å². The quantitative estimate of drug-likeness (QED) is 0.758. The van der Waals surface area contributed by atoms with Crippen LogP contribution in [0, 0.1) is 0 Å². The number of nitrogens with zero attached hydrogens (tertiary/aromatic N) is 1. The van der Waals surface area contributed by atoms with E-state index in [2.05, 4.69) is 23.6 Å². The summed E-state index contributed by atoms with van der Waals surface area (Å²) in [7, 11) is 0. The lowest BCUT2D eigenvalue weighted by Gasteiger charge is -2.38. The predicted octanol–water partition coefficient (Wildman–Crippen LogP) is 1.70. The van der Waals surface area contributed by atoms with Crippen LogP contribution < -0.4 is 5.73 Å². The topological polar surface area (TPSA) is 29.3 Å². The third-order valence-electron chi connectivity index (χ3n) is 3.62. The van der Waals surface area contributed by atoms with E-state index in [-0.39, 0.29) is 5.54 Å². The maximum Gasteiger partial charge on any atom is 0.0283 e. The van der Waals surface area contributed by atoms with Crippen molar-refractivity contribution in [1.29, 1.82) is 0 Å². The molecule has 1 heterocycles. The lowest BCUT2D eigenvalue weighted by atomic mass is 9.98. The van der Waals surface area contributed by atoms with Gasteiger partial charge in [0.1, 0.15) is 0 Å². The monoisotopic (exact) mass is 214 g/mol. The van der Waals surface area contributed by atoms with Crippen LogP contribution in [0.15, 0.2) is 0 Å². The van der Waals surface area contributed by atoms with Crippen LogP contribution >= 0.6 is 11.8 Å². The van der Waals surface area contributed by atoms with Crippen LogP contribution in [-0.4, -0.2) is 41.1 Å². The normalized spacial score (nSPS) is 33.4. The Morgan fingerprint density at radius 1 is 1.43 bits per heavy atom. The second-order valence-corrected chi connectivity index (χ2v) is 6.11. The van der Waals surface area contributed by atoms with Gasteiger partial charge in [0.15, 0.2) is 0 Å². The van der Waals surface area contributed by atoms with Crippen molar-refractivity contribution in [2.45, 2.75) is 44.2 Å². The highest BCUT2D eigenvalue weighted by atomic mass is 32.2. The Bertz CT molecular complexity index is 190. The fourth-order valence-electron chi connectivity index (χ4n) is 2.64. The molecule has 0 radical (unpaired) electrons. The van der Waals surface area contributed by atoms with Crippen molar-refractivity contribution in [3.8, 4) is 0 Å². The number of thioether (sulfide) groups is 1. The van der Waals surface area contributed by atoms with Crippen LogP contribution in [0.5, 0.6) is 0 Å². The lowest BCUT2D eigenvalue weighted by Crippen LogP contribution is -2.53. The number of hydrogen-bond donors (Lipinski definition) is 1. The molecule has 2 aliphatic rings. The molecule has 0 bridgehead atoms. The Hall–Kier alpha value is 0.270. The molecule has 2 nitrogen and oxygen atoms in total. The number of nitrogens with two attached hydrogens (primary N) is 1. The van der Waals surface area contributed by atoms with Gasteiger partial charge in [-0.2, -0.15) is 11.8 Å². The first-order valence-electron chi connectivity index (χ1n) is 5.80. The van der Waals surface area contributed by atoms with Crippen molar-refractivity contribution in [3.63, 3.8) is 0 Å². The van der Waals surface area contributed by atoms with Crippen LogP contribution in [0.25, 0.3) is 0 Å². The zero-order valence-corrected chi connectivity index (χ0v) is 9.98. The highest BCUT2D eigenvalue weighted by molar-refractivity contribution is 7.99. The van der Waals surface area contributed by atoms with E-state index in [0.717, 1.165) is 12.6 Å². The molecule has 0 aromatic carbocycles. The van der Waals surface area contributed by atoms with Gasteiger partial charge in [-0.25, -0.2) is 0 Å². The average molecular weight is 214 g/mol. The Morgan fingerprint density at radius 2 is 2.14 bits per heavy atom. The van der Waals surface area contributed by atoms with Gasteiger partial charge < -0.3 is 5.73 Å². The number of hydrogen-bond acceptors (Lipinski definition) is 3. The van der Waals surface area contributed by atoms with E-state index in [0.29, 0.717) is 0 Å². The molecule has 1 aliphatic heterocycles. The molecule has 1 unspecified atom stereocenters. The molecule has 0 amide bonds. The molecular formula is C11H22N2S. The van der Waals surface area contributed by atoms with Gasteiger partial charge in [0.25, 0.3) is 0 Å². The standard InChI is InChI=1S/C11H22N2S/c1-10-8-14-7-6-13(10)9-11(12)4-2-3-5-11/h10H,2-9,12H2,1H3. The minimum absolute atomic E-state index is 0.149. The van der Waals surface area contributed by atoms with E-state index in [4.69, 9.17) is 5.73 Å². The van der Waals surface area contributed by atoms with Gasteiger partial charge in [-0.3, -0.25) is 4.90 Å². The fraction of sp³-hybridized carbons (Fsp3) is 1.00. The van der Waals surface area contributed by atoms with Crippen LogP contribution in [0.3, 0.4) is 0 Å². The van der Waals surface area contributed by atoms with Gasteiger partial charge in [0, 0.05) is 36.2 Å². The Balaban J connectivity index is 1.88. The molecular weight excluding hydrogens is 192 g/mol. The van der Waals surface area contributed by atoms with E-state index in [1.165, 1.54) is 43.7 Å². The van der Waals surface area contributed by atoms with Gasteiger partial charge in [0.05, 0.1) is 0 Å². The van der Waals surface area contributed by atoms with Gasteiger partial charge in [-0.05, 0) is 19.8 Å². The van der Waals surface area contributed by atoms with Crippen LogP contribution in [0.1, 0.15) is 32.6 Å². The van der Waals surface area contributed by atoms with Crippen molar-refractivity contribution in [2.24, 2.45) is 5.73 Å². The summed E-state index contributed by atoms with van der Waals surface area (Å²) in [5, 5.41) is 0. The van der Waals surface area contributed by atoms with Gasteiger partial charge in [-0.1, -0.05) is 12.8 Å². The summed E-state index contributed by atoms with van der Waals surface area (Å²) in [6, 6.07) is 0.731. The molecule has 3 heteroatoms. The van der Waals surface area contributed by atoms with E-state index in [1.807, 2.05) is 0 Å². The van der Waals surface area contributed by atoms with E-state index in [9.17, 15) is 0 Å². The fourth-order valence-corrected chi connectivity index (χ4v) is 3.72. The van der Waals surface area contributed by atoms with E-state index < -0.39 is 0 Å². The van der Waals surface area contributed by atoms with Crippen molar-refractivity contribution in [2.75, 3.05) is 24.6 Å². The number of rotatable bonds is 2. The molecule has 1 saturated heterocycles. The van der Waals surface area contributed by atoms with Crippen molar-refractivity contribution in [1.82, 2.24) is 4.90 Å². The molecule has 0 aromatic heterocycles. The molecule has 2 fully saturated rings. The van der Waals surface area contributed by atoms with Crippen molar-refractivity contribution in [3.05, 3.63) is 0 Å². The summed E-state index contributed by atoms with van der Waals surface area (Å²) >= 11 is 2.08. The smallest absolute Gasteiger partial charge is 0.0283 e. The lowest BCUT2D eigenvalue weighted by molar-refractivity contribution is 0.178. The second-order valence-electron chi connectivity index (χ2n) is 4.96. The summed E-state index contributed by atoms with van der Waals surface area (Å²) in [6.07, 6.45) is 5.16. The largest absolute Gasteiger partial charge is 0.324 e. The average Bonchev–Trinajstić information content (AvgIpc) is 2.57. The first-order valence-corrected chi connectivity index (χ1v) is 6.96. The van der Waals surface area contributed by atoms with Crippen LogP contribution in [-0.2, 0) is 0 Å². The third-order valence-corrected chi connectivity index (χ3v) is 4.81. The summed E-state index contributed by atoms with van der Waals surface area (Å²) in [4.78, 5) is 2.60. The Labute approximate surface area is 91.6 Å². The van der Waals surface area contributed by atoms with E-state index in [1.54, 1.807) is 0 Å². The molecule has 1 atom stereocenters. The second kappa shape index (κ2) is 4.42. The zero-order valence-electron chi connectivity index (χ0n) is 9.17. The first-order chi connectivity index (χ1) is 6.70. The minimum Gasteiger partial charge on any atom is -0.324 e. The third kappa shape index (κ3) is 2.44. The zero-order chi connectivity index (χ0) is 10.0. The summed E-state index contributed by atoms with van der Waals surface area (Å²) < 4.78 is 0. The summed E-state index contributed by atoms with van der Waals surface area (Å²) in [6.45, 7) is 4.71. The molecule has 0 spiro atoms. The van der Waals surface area contributed by atoms with Crippen molar-refractivity contribution < 1.29 is 0 Å². The highest BCUT2D eigenvalue weighted by Gasteiger charge is 2.33. The summed E-state index contributed by atoms with van der Waals surface area (Å²) in [5.74, 6) is 2.58. The summed E-state index contributed by atoms with van der Waals surface area (Å²) in [5.41, 5.74) is 6.55. The van der Waals surface area contributed by atoms with E-state index >= 15 is 0 Å². The molecule has 0 aromatic rings. The maximum atomic E-state index is 6.40.